The topological polar surface area (TPSA) is 0 Å². The van der Waals surface area contributed by atoms with Gasteiger partial charge in [-0.05, 0) is 56.3 Å². The summed E-state index contributed by atoms with van der Waals surface area (Å²) in [6.07, 6.45) is 11.4. The normalized spacial score (nSPS) is 18.6. The van der Waals surface area contributed by atoms with Gasteiger partial charge in [-0.1, -0.05) is 37.3 Å². The first-order valence-electron chi connectivity index (χ1n) is 5.89. The van der Waals surface area contributed by atoms with Crippen molar-refractivity contribution < 1.29 is 0 Å². The Morgan fingerprint density at radius 3 is 2.87 bits per heavy atom. The summed E-state index contributed by atoms with van der Waals surface area (Å²) in [6, 6.07) is 0. The Kier molecular flexibility index (Phi) is 4.61. The highest BCUT2D eigenvalue weighted by molar-refractivity contribution is 5.47. The quantitative estimate of drug-likeness (QED) is 0.568. The molecule has 82 valence electrons. The highest BCUT2D eigenvalue weighted by atomic mass is 14.1. The average Bonchev–Trinajstić information content (AvgIpc) is 2.44. The van der Waals surface area contributed by atoms with Crippen molar-refractivity contribution in [3.8, 4) is 0 Å². The molecule has 1 rings (SSSR count). The smallest absolute Gasteiger partial charge is 0.0239 e. The molecular formula is C15H22. The first-order chi connectivity index (χ1) is 7.20. The first kappa shape index (κ1) is 12.0. The molecule has 0 aliphatic heterocycles. The summed E-state index contributed by atoms with van der Waals surface area (Å²) in [6.45, 7) is 10.6. The van der Waals surface area contributed by atoms with Crippen LogP contribution < -0.4 is 0 Å². The van der Waals surface area contributed by atoms with E-state index in [9.17, 15) is 0 Å². The molecule has 1 aliphatic carbocycles. The van der Waals surface area contributed by atoms with Gasteiger partial charge in [0.25, 0.3) is 0 Å². The van der Waals surface area contributed by atoms with Gasteiger partial charge in [-0.2, -0.15) is 0 Å². The third-order valence-electron chi connectivity index (χ3n) is 3.18. The molecule has 0 nitrogen and oxygen atoms in total. The largest absolute Gasteiger partial charge is 0.0988 e. The van der Waals surface area contributed by atoms with Crippen molar-refractivity contribution in [1.29, 1.82) is 0 Å². The lowest BCUT2D eigenvalue weighted by Crippen LogP contribution is -1.91. The second-order valence-corrected chi connectivity index (χ2v) is 4.20. The van der Waals surface area contributed by atoms with E-state index in [1.807, 2.05) is 6.08 Å². The Morgan fingerprint density at radius 2 is 2.27 bits per heavy atom. The number of hydrogen-bond acceptors (Lipinski definition) is 0. The standard InChI is InChI=1S/C15H22/c1-5-14(6-2)13(4)15-11-9-7-8-10-12(15)3/h5,9,11H,1,6-8,10H2,2-4H3. The van der Waals surface area contributed by atoms with E-state index in [1.165, 1.54) is 41.6 Å². The second kappa shape index (κ2) is 5.75. The summed E-state index contributed by atoms with van der Waals surface area (Å²) >= 11 is 0. The van der Waals surface area contributed by atoms with Crippen molar-refractivity contribution in [3.63, 3.8) is 0 Å². The molecule has 0 aromatic carbocycles. The molecule has 0 N–H and O–H groups in total. The Labute approximate surface area is 94.1 Å². The van der Waals surface area contributed by atoms with Crippen LogP contribution in [0, 0.1) is 0 Å². The van der Waals surface area contributed by atoms with Crippen LogP contribution in [-0.2, 0) is 0 Å². The molecule has 1 aliphatic rings. The van der Waals surface area contributed by atoms with Gasteiger partial charge in [0.05, 0.1) is 0 Å². The van der Waals surface area contributed by atoms with Gasteiger partial charge in [-0.15, -0.1) is 0 Å². The lowest BCUT2D eigenvalue weighted by Gasteiger charge is -2.11. The third kappa shape index (κ3) is 2.95. The van der Waals surface area contributed by atoms with Crippen molar-refractivity contribution in [2.45, 2.75) is 46.5 Å². The molecule has 0 saturated carbocycles. The zero-order valence-corrected chi connectivity index (χ0v) is 10.3. The highest BCUT2D eigenvalue weighted by Crippen LogP contribution is 2.26. The first-order valence-corrected chi connectivity index (χ1v) is 5.89. The minimum absolute atomic E-state index is 1.07. The van der Waals surface area contributed by atoms with E-state index in [4.69, 9.17) is 0 Å². The molecule has 0 aromatic heterocycles. The molecule has 0 radical (unpaired) electrons. The van der Waals surface area contributed by atoms with Gasteiger partial charge in [-0.3, -0.25) is 0 Å². The zero-order valence-electron chi connectivity index (χ0n) is 10.3. The lowest BCUT2D eigenvalue weighted by atomic mass is 9.95. The SMILES string of the molecule is C=CC(CC)=C(C)C1=C(C)CCCC=C1. The molecule has 0 atom stereocenters. The maximum absolute atomic E-state index is 3.89. The van der Waals surface area contributed by atoms with Crippen LogP contribution in [-0.4, -0.2) is 0 Å². The fourth-order valence-electron chi connectivity index (χ4n) is 2.14. The maximum Gasteiger partial charge on any atom is -0.0239 e. The molecule has 0 bridgehead atoms. The van der Waals surface area contributed by atoms with Crippen LogP contribution in [0.25, 0.3) is 0 Å². The second-order valence-electron chi connectivity index (χ2n) is 4.20. The molecule has 0 heteroatoms. The van der Waals surface area contributed by atoms with Crippen LogP contribution >= 0.6 is 0 Å². The highest BCUT2D eigenvalue weighted by Gasteiger charge is 2.07. The number of allylic oxidation sites excluding steroid dienone is 7. The van der Waals surface area contributed by atoms with Crippen LogP contribution in [0.3, 0.4) is 0 Å². The zero-order chi connectivity index (χ0) is 11.3. The van der Waals surface area contributed by atoms with E-state index < -0.39 is 0 Å². The van der Waals surface area contributed by atoms with Crippen LogP contribution in [0.15, 0.2) is 47.1 Å². The summed E-state index contributed by atoms with van der Waals surface area (Å²) in [4.78, 5) is 0. The van der Waals surface area contributed by atoms with Crippen molar-refractivity contribution in [2.24, 2.45) is 0 Å². The third-order valence-corrected chi connectivity index (χ3v) is 3.18. The molecule has 0 amide bonds. The van der Waals surface area contributed by atoms with Crippen molar-refractivity contribution in [1.82, 2.24) is 0 Å². The summed E-state index contributed by atoms with van der Waals surface area (Å²) < 4.78 is 0. The molecule has 15 heavy (non-hydrogen) atoms. The van der Waals surface area contributed by atoms with E-state index in [0.29, 0.717) is 0 Å². The molecule has 0 unspecified atom stereocenters. The maximum atomic E-state index is 3.89. The van der Waals surface area contributed by atoms with Crippen LogP contribution in [0.4, 0.5) is 0 Å². The fraction of sp³-hybridized carbons (Fsp3) is 0.467. The van der Waals surface area contributed by atoms with Crippen LogP contribution in [0.2, 0.25) is 0 Å². The molecular weight excluding hydrogens is 180 g/mol. The van der Waals surface area contributed by atoms with E-state index >= 15 is 0 Å². The van der Waals surface area contributed by atoms with Gasteiger partial charge < -0.3 is 0 Å². The van der Waals surface area contributed by atoms with Gasteiger partial charge in [-0.25, -0.2) is 0 Å². The summed E-state index contributed by atoms with van der Waals surface area (Å²) in [5.41, 5.74) is 5.73. The predicted molar refractivity (Wildman–Crippen MR) is 68.9 cm³/mol. The average molecular weight is 202 g/mol. The van der Waals surface area contributed by atoms with Crippen molar-refractivity contribution in [2.75, 3.05) is 0 Å². The summed E-state index contributed by atoms with van der Waals surface area (Å²) in [7, 11) is 0. The van der Waals surface area contributed by atoms with E-state index in [1.54, 1.807) is 0 Å². The molecule has 0 saturated heterocycles. The van der Waals surface area contributed by atoms with E-state index in [-0.39, 0.29) is 0 Å². The van der Waals surface area contributed by atoms with Gasteiger partial charge in [0, 0.05) is 0 Å². The van der Waals surface area contributed by atoms with E-state index in [2.05, 4.69) is 39.5 Å². The monoisotopic (exact) mass is 202 g/mol. The van der Waals surface area contributed by atoms with Gasteiger partial charge >= 0.3 is 0 Å². The van der Waals surface area contributed by atoms with Crippen molar-refractivity contribution >= 4 is 0 Å². The molecule has 0 fully saturated rings. The predicted octanol–water partition coefficient (Wildman–Crippen LogP) is 4.96. The Bertz CT molecular complexity index is 324. The summed E-state index contributed by atoms with van der Waals surface area (Å²) in [5.74, 6) is 0. The lowest BCUT2D eigenvalue weighted by molar-refractivity contribution is 0.838. The number of rotatable bonds is 3. The van der Waals surface area contributed by atoms with Crippen LogP contribution in [0.5, 0.6) is 0 Å². The Balaban J connectivity index is 3.13. The molecule has 0 spiro atoms. The molecule has 0 aromatic rings. The minimum Gasteiger partial charge on any atom is -0.0988 e. The minimum atomic E-state index is 1.07. The summed E-state index contributed by atoms with van der Waals surface area (Å²) in [5, 5.41) is 0. The Hall–Kier alpha value is -1.04. The Morgan fingerprint density at radius 1 is 1.53 bits per heavy atom. The molecule has 0 heterocycles. The van der Waals surface area contributed by atoms with Crippen molar-refractivity contribution in [3.05, 3.63) is 47.1 Å². The van der Waals surface area contributed by atoms with Gasteiger partial charge in [0.2, 0.25) is 0 Å². The van der Waals surface area contributed by atoms with Gasteiger partial charge in [0.1, 0.15) is 0 Å². The van der Waals surface area contributed by atoms with Crippen LogP contribution in [0.1, 0.15) is 46.5 Å². The van der Waals surface area contributed by atoms with E-state index in [0.717, 1.165) is 6.42 Å². The fourth-order valence-corrected chi connectivity index (χ4v) is 2.14. The number of hydrogen-bond donors (Lipinski definition) is 0. The van der Waals surface area contributed by atoms with Gasteiger partial charge in [0.15, 0.2) is 0 Å².